The highest BCUT2D eigenvalue weighted by Gasteiger charge is 2.36. The first-order chi connectivity index (χ1) is 8.62. The van der Waals surface area contributed by atoms with Gasteiger partial charge in [0, 0.05) is 6.54 Å². The highest BCUT2D eigenvalue weighted by atomic mass is 16.2. The molecule has 0 heterocycles. The van der Waals surface area contributed by atoms with Gasteiger partial charge in [-0.15, -0.1) is 0 Å². The number of nitrogens with one attached hydrogen (secondary N) is 1. The number of hydrogen-bond acceptors (Lipinski definition) is 2. The van der Waals surface area contributed by atoms with Gasteiger partial charge in [-0.2, -0.15) is 0 Å². The molecule has 1 amide bonds. The summed E-state index contributed by atoms with van der Waals surface area (Å²) >= 11 is 0. The molecule has 2 unspecified atom stereocenters. The first kappa shape index (κ1) is 13.9. The Morgan fingerprint density at radius 2 is 1.89 bits per heavy atom. The molecule has 3 heteroatoms. The van der Waals surface area contributed by atoms with Gasteiger partial charge in [0.05, 0.1) is 5.54 Å². The van der Waals surface area contributed by atoms with Gasteiger partial charge in [-0.05, 0) is 31.1 Å². The van der Waals surface area contributed by atoms with Gasteiger partial charge in [0.25, 0.3) is 0 Å². The third-order valence-electron chi connectivity index (χ3n) is 5.04. The second-order valence-electron chi connectivity index (χ2n) is 6.43. The van der Waals surface area contributed by atoms with Crippen LogP contribution in [0.1, 0.15) is 64.7 Å². The highest BCUT2D eigenvalue weighted by molar-refractivity contribution is 5.86. The van der Waals surface area contributed by atoms with E-state index in [1.54, 1.807) is 0 Å². The fourth-order valence-electron chi connectivity index (χ4n) is 3.60. The van der Waals surface area contributed by atoms with Gasteiger partial charge in [0.2, 0.25) is 5.91 Å². The molecule has 0 bridgehead atoms. The Balaban J connectivity index is 1.70. The van der Waals surface area contributed by atoms with E-state index in [4.69, 9.17) is 5.73 Å². The van der Waals surface area contributed by atoms with Gasteiger partial charge in [0.15, 0.2) is 0 Å². The highest BCUT2D eigenvalue weighted by Crippen LogP contribution is 2.31. The lowest BCUT2D eigenvalue weighted by molar-refractivity contribution is -0.126. The summed E-state index contributed by atoms with van der Waals surface area (Å²) in [6.45, 7) is 3.17. The maximum Gasteiger partial charge on any atom is 0.240 e. The fraction of sp³-hybridized carbons (Fsp3) is 0.933. The van der Waals surface area contributed by atoms with Crippen LogP contribution in [0.3, 0.4) is 0 Å². The third-order valence-corrected chi connectivity index (χ3v) is 5.04. The van der Waals surface area contributed by atoms with Crippen LogP contribution in [0, 0.1) is 11.8 Å². The molecule has 0 aliphatic heterocycles. The number of hydrogen-bond donors (Lipinski definition) is 2. The number of amides is 1. The molecule has 0 spiro atoms. The van der Waals surface area contributed by atoms with Gasteiger partial charge in [-0.25, -0.2) is 0 Å². The summed E-state index contributed by atoms with van der Waals surface area (Å²) < 4.78 is 0. The van der Waals surface area contributed by atoms with Crippen molar-refractivity contribution in [3.05, 3.63) is 0 Å². The van der Waals surface area contributed by atoms with E-state index in [0.717, 1.165) is 50.5 Å². The van der Waals surface area contributed by atoms with E-state index in [1.165, 1.54) is 25.7 Å². The van der Waals surface area contributed by atoms with Crippen molar-refractivity contribution in [2.45, 2.75) is 70.3 Å². The zero-order valence-electron chi connectivity index (χ0n) is 11.7. The molecule has 0 aromatic carbocycles. The molecule has 2 saturated carbocycles. The van der Waals surface area contributed by atoms with E-state index in [-0.39, 0.29) is 5.91 Å². The Labute approximate surface area is 111 Å². The Morgan fingerprint density at radius 1 is 1.22 bits per heavy atom. The predicted molar refractivity (Wildman–Crippen MR) is 74.1 cm³/mol. The van der Waals surface area contributed by atoms with Crippen LogP contribution in [-0.4, -0.2) is 18.0 Å². The summed E-state index contributed by atoms with van der Waals surface area (Å²) in [7, 11) is 0. The van der Waals surface area contributed by atoms with E-state index in [1.807, 2.05) is 0 Å². The predicted octanol–water partition coefficient (Wildman–Crippen LogP) is 2.59. The normalized spacial score (nSPS) is 31.2. The number of carbonyl (C=O) groups is 1. The molecule has 2 atom stereocenters. The van der Waals surface area contributed by atoms with Crippen LogP contribution >= 0.6 is 0 Å². The standard InChI is InChI=1S/C15H28N2O/c1-12-6-2-3-7-13(12)8-11-17-14(18)15(16)9-4-5-10-15/h12-13H,2-11,16H2,1H3,(H,17,18). The summed E-state index contributed by atoms with van der Waals surface area (Å²) in [5.41, 5.74) is 5.58. The van der Waals surface area contributed by atoms with Gasteiger partial charge in [0.1, 0.15) is 0 Å². The van der Waals surface area contributed by atoms with Crippen LogP contribution in [0.4, 0.5) is 0 Å². The fourth-order valence-corrected chi connectivity index (χ4v) is 3.60. The van der Waals surface area contributed by atoms with Crippen LogP contribution in [0.5, 0.6) is 0 Å². The van der Waals surface area contributed by atoms with E-state index in [9.17, 15) is 4.79 Å². The first-order valence-electron chi connectivity index (χ1n) is 7.69. The lowest BCUT2D eigenvalue weighted by Gasteiger charge is -2.29. The SMILES string of the molecule is CC1CCCCC1CCNC(=O)C1(N)CCCC1. The lowest BCUT2D eigenvalue weighted by atomic mass is 9.78. The molecule has 0 aromatic rings. The topological polar surface area (TPSA) is 55.1 Å². The summed E-state index contributed by atoms with van der Waals surface area (Å²) in [6.07, 6.45) is 10.5. The van der Waals surface area contributed by atoms with Crippen molar-refractivity contribution >= 4 is 5.91 Å². The smallest absolute Gasteiger partial charge is 0.240 e. The van der Waals surface area contributed by atoms with E-state index >= 15 is 0 Å². The average molecular weight is 252 g/mol. The Bertz CT molecular complexity index is 284. The molecule has 0 aromatic heterocycles. The van der Waals surface area contributed by atoms with Crippen molar-refractivity contribution in [3.8, 4) is 0 Å². The summed E-state index contributed by atoms with van der Waals surface area (Å²) in [6, 6.07) is 0. The second kappa shape index (κ2) is 6.05. The number of carbonyl (C=O) groups excluding carboxylic acids is 1. The van der Waals surface area contributed by atoms with Crippen molar-refractivity contribution in [1.29, 1.82) is 0 Å². The van der Waals surface area contributed by atoms with Crippen LogP contribution in [0.2, 0.25) is 0 Å². The molecule has 2 rings (SSSR count). The molecule has 18 heavy (non-hydrogen) atoms. The number of rotatable bonds is 4. The van der Waals surface area contributed by atoms with Crippen molar-refractivity contribution in [2.75, 3.05) is 6.54 Å². The monoisotopic (exact) mass is 252 g/mol. The minimum absolute atomic E-state index is 0.0865. The lowest BCUT2D eigenvalue weighted by Crippen LogP contribution is -2.52. The molecule has 3 N–H and O–H groups in total. The Hall–Kier alpha value is -0.570. The zero-order valence-corrected chi connectivity index (χ0v) is 11.7. The summed E-state index contributed by atoms with van der Waals surface area (Å²) in [5, 5.41) is 3.07. The minimum Gasteiger partial charge on any atom is -0.354 e. The van der Waals surface area contributed by atoms with Gasteiger partial charge in [-0.1, -0.05) is 45.4 Å². The summed E-state index contributed by atoms with van der Waals surface area (Å²) in [5.74, 6) is 1.72. The van der Waals surface area contributed by atoms with Crippen LogP contribution < -0.4 is 11.1 Å². The first-order valence-corrected chi connectivity index (χ1v) is 7.69. The molecular weight excluding hydrogens is 224 g/mol. The zero-order chi connectivity index (χ0) is 13.0. The van der Waals surface area contributed by atoms with Crippen LogP contribution in [-0.2, 0) is 4.79 Å². The van der Waals surface area contributed by atoms with Crippen LogP contribution in [0.25, 0.3) is 0 Å². The molecule has 104 valence electrons. The number of nitrogens with two attached hydrogens (primary N) is 1. The largest absolute Gasteiger partial charge is 0.354 e. The van der Waals surface area contributed by atoms with E-state index in [0.29, 0.717) is 0 Å². The average Bonchev–Trinajstić information content (AvgIpc) is 2.80. The van der Waals surface area contributed by atoms with Gasteiger partial charge < -0.3 is 11.1 Å². The molecule has 2 aliphatic carbocycles. The molecule has 0 radical (unpaired) electrons. The minimum atomic E-state index is -0.557. The van der Waals surface area contributed by atoms with Crippen molar-refractivity contribution in [3.63, 3.8) is 0 Å². The maximum absolute atomic E-state index is 12.1. The quantitative estimate of drug-likeness (QED) is 0.808. The van der Waals surface area contributed by atoms with Crippen molar-refractivity contribution < 1.29 is 4.79 Å². The van der Waals surface area contributed by atoms with Gasteiger partial charge >= 0.3 is 0 Å². The molecule has 3 nitrogen and oxygen atoms in total. The molecule has 2 fully saturated rings. The van der Waals surface area contributed by atoms with Crippen molar-refractivity contribution in [1.82, 2.24) is 5.32 Å². The Kier molecular flexibility index (Phi) is 4.66. The van der Waals surface area contributed by atoms with E-state index < -0.39 is 5.54 Å². The van der Waals surface area contributed by atoms with E-state index in [2.05, 4.69) is 12.2 Å². The molecule has 0 saturated heterocycles. The van der Waals surface area contributed by atoms with Crippen molar-refractivity contribution in [2.24, 2.45) is 17.6 Å². The molecular formula is C15H28N2O. The second-order valence-corrected chi connectivity index (χ2v) is 6.43. The Morgan fingerprint density at radius 3 is 2.56 bits per heavy atom. The summed E-state index contributed by atoms with van der Waals surface area (Å²) in [4.78, 5) is 12.1. The van der Waals surface area contributed by atoms with Crippen LogP contribution in [0.15, 0.2) is 0 Å². The molecule has 2 aliphatic rings. The van der Waals surface area contributed by atoms with Gasteiger partial charge in [-0.3, -0.25) is 4.79 Å². The maximum atomic E-state index is 12.1. The third kappa shape index (κ3) is 3.25.